The van der Waals surface area contributed by atoms with Gasteiger partial charge in [0.25, 0.3) is 0 Å². The van der Waals surface area contributed by atoms with E-state index in [0.29, 0.717) is 28.8 Å². The lowest BCUT2D eigenvalue weighted by molar-refractivity contribution is -0.0162. The number of fused-ring (bicyclic) bond motifs is 1. The minimum absolute atomic E-state index is 0.0747. The van der Waals surface area contributed by atoms with Gasteiger partial charge in [-0.15, -0.1) is 0 Å². The standard InChI is InChI=1S/C27H44O3SSi/c1-21(13-12-20-31(28,29)22-14-9-8-10-15-22)23-17-18-24-25(16-11-19-27(23,24)5)30-32(6,7)26(2,3)4/h8-10,12-15,21,23-25H,11,16-20H2,1-7H3/t21?,23-,24+,25+,27-/m1/s1. The first-order valence-electron chi connectivity index (χ1n) is 12.4. The third-order valence-corrected chi connectivity index (χ3v) is 15.0. The van der Waals surface area contributed by atoms with Crippen molar-refractivity contribution < 1.29 is 12.8 Å². The van der Waals surface area contributed by atoms with Crippen LogP contribution in [0.4, 0.5) is 0 Å². The topological polar surface area (TPSA) is 43.4 Å². The van der Waals surface area contributed by atoms with E-state index in [1.165, 1.54) is 32.1 Å². The molecule has 2 aliphatic carbocycles. The Bertz CT molecular complexity index is 901. The van der Waals surface area contributed by atoms with E-state index in [0.717, 1.165) is 0 Å². The highest BCUT2D eigenvalue weighted by Gasteiger charge is 2.54. The fraction of sp³-hybridized carbons (Fsp3) is 0.704. The van der Waals surface area contributed by atoms with E-state index in [1.807, 2.05) is 12.1 Å². The van der Waals surface area contributed by atoms with E-state index in [2.05, 4.69) is 53.8 Å². The molecular weight excluding hydrogens is 432 g/mol. The molecule has 0 radical (unpaired) electrons. The molecule has 0 spiro atoms. The first-order valence-corrected chi connectivity index (χ1v) is 17.0. The summed E-state index contributed by atoms with van der Waals surface area (Å²) in [6.45, 7) is 16.5. The second-order valence-electron chi connectivity index (χ2n) is 12.0. The van der Waals surface area contributed by atoms with E-state index in [4.69, 9.17) is 4.43 Å². The second kappa shape index (κ2) is 9.38. The highest BCUT2D eigenvalue weighted by atomic mass is 32.2. The average Bonchev–Trinajstić information content (AvgIpc) is 3.05. The van der Waals surface area contributed by atoms with Crippen LogP contribution in [0.5, 0.6) is 0 Å². The smallest absolute Gasteiger partial charge is 0.192 e. The predicted molar refractivity (Wildman–Crippen MR) is 137 cm³/mol. The van der Waals surface area contributed by atoms with Gasteiger partial charge in [0.1, 0.15) is 0 Å². The number of sulfone groups is 1. The van der Waals surface area contributed by atoms with E-state index in [-0.39, 0.29) is 16.2 Å². The first-order chi connectivity index (χ1) is 14.8. The van der Waals surface area contributed by atoms with Crippen LogP contribution in [-0.4, -0.2) is 28.6 Å². The van der Waals surface area contributed by atoms with E-state index >= 15 is 0 Å². The van der Waals surface area contributed by atoms with Gasteiger partial charge >= 0.3 is 0 Å². The van der Waals surface area contributed by atoms with Crippen LogP contribution in [0.1, 0.15) is 66.7 Å². The largest absolute Gasteiger partial charge is 0.414 e. The molecule has 32 heavy (non-hydrogen) atoms. The molecule has 1 aromatic carbocycles. The zero-order valence-corrected chi connectivity index (χ0v) is 23.0. The summed E-state index contributed by atoms with van der Waals surface area (Å²) < 4.78 is 32.2. The zero-order chi connectivity index (χ0) is 23.8. The summed E-state index contributed by atoms with van der Waals surface area (Å²) in [5, 5.41) is 0.235. The van der Waals surface area contributed by atoms with Gasteiger partial charge in [-0.2, -0.15) is 0 Å². The van der Waals surface area contributed by atoms with Crippen molar-refractivity contribution >= 4 is 18.2 Å². The van der Waals surface area contributed by atoms with Gasteiger partial charge < -0.3 is 4.43 Å². The van der Waals surface area contributed by atoms with Gasteiger partial charge in [0.2, 0.25) is 0 Å². The minimum Gasteiger partial charge on any atom is -0.414 e. The Morgan fingerprint density at radius 2 is 1.81 bits per heavy atom. The molecule has 2 fully saturated rings. The Hall–Kier alpha value is -0.913. The summed E-state index contributed by atoms with van der Waals surface area (Å²) in [5.41, 5.74) is 0.285. The molecular formula is C27H44O3SSi. The van der Waals surface area contributed by atoms with Crippen molar-refractivity contribution in [2.45, 2.75) is 95.9 Å². The van der Waals surface area contributed by atoms with Gasteiger partial charge in [0.05, 0.1) is 10.6 Å². The Morgan fingerprint density at radius 1 is 1.16 bits per heavy atom. The van der Waals surface area contributed by atoms with Gasteiger partial charge in [-0.05, 0) is 79.1 Å². The maximum atomic E-state index is 12.6. The molecule has 3 rings (SSSR count). The van der Waals surface area contributed by atoms with Gasteiger partial charge in [-0.1, -0.05) is 71.4 Å². The van der Waals surface area contributed by atoms with Crippen molar-refractivity contribution in [3.63, 3.8) is 0 Å². The molecule has 0 bridgehead atoms. The summed E-state index contributed by atoms with van der Waals surface area (Å²) in [6.07, 6.45) is 10.6. The van der Waals surface area contributed by atoms with Crippen molar-refractivity contribution in [1.82, 2.24) is 0 Å². The zero-order valence-electron chi connectivity index (χ0n) is 21.2. The van der Waals surface area contributed by atoms with Crippen molar-refractivity contribution in [3.8, 4) is 0 Å². The molecule has 3 nitrogen and oxygen atoms in total. The number of allylic oxidation sites excluding steroid dienone is 1. The normalized spacial score (nSPS) is 30.4. The average molecular weight is 477 g/mol. The highest BCUT2D eigenvalue weighted by Crippen LogP contribution is 2.59. The Morgan fingerprint density at radius 3 is 2.44 bits per heavy atom. The summed E-state index contributed by atoms with van der Waals surface area (Å²) in [7, 11) is -5.05. The summed E-state index contributed by atoms with van der Waals surface area (Å²) in [5.74, 6) is 1.67. The van der Waals surface area contributed by atoms with Crippen LogP contribution < -0.4 is 0 Å². The molecule has 0 aromatic heterocycles. The fourth-order valence-electron chi connectivity index (χ4n) is 5.98. The molecule has 1 unspecified atom stereocenters. The summed E-state index contributed by atoms with van der Waals surface area (Å²) in [4.78, 5) is 0.406. The molecule has 180 valence electrons. The fourth-order valence-corrected chi connectivity index (χ4v) is 8.50. The van der Waals surface area contributed by atoms with Crippen LogP contribution >= 0.6 is 0 Å². The van der Waals surface area contributed by atoms with Gasteiger partial charge in [-0.3, -0.25) is 0 Å². The van der Waals surface area contributed by atoms with Crippen molar-refractivity contribution in [1.29, 1.82) is 0 Å². The van der Waals surface area contributed by atoms with Crippen molar-refractivity contribution in [3.05, 3.63) is 42.5 Å². The van der Waals surface area contributed by atoms with Gasteiger partial charge in [-0.25, -0.2) is 8.42 Å². The first kappa shape index (κ1) is 25.7. The molecule has 5 heteroatoms. The van der Waals surface area contributed by atoms with Crippen LogP contribution in [-0.2, 0) is 14.3 Å². The van der Waals surface area contributed by atoms with Crippen LogP contribution in [0, 0.1) is 23.2 Å². The van der Waals surface area contributed by atoms with E-state index < -0.39 is 18.2 Å². The SMILES string of the molecule is CC(C=CCS(=O)(=O)c1ccccc1)[C@H]1CC[C@H]2[C@@H](O[Si](C)(C)C(C)(C)C)CCC[C@]12C. The molecule has 0 saturated heterocycles. The number of rotatable bonds is 7. The highest BCUT2D eigenvalue weighted by molar-refractivity contribution is 7.91. The lowest BCUT2D eigenvalue weighted by atomic mass is 9.62. The van der Waals surface area contributed by atoms with Crippen molar-refractivity contribution in [2.75, 3.05) is 5.75 Å². The predicted octanol–water partition coefficient (Wildman–Crippen LogP) is 7.26. The maximum absolute atomic E-state index is 12.6. The molecule has 0 heterocycles. The van der Waals surface area contributed by atoms with Crippen LogP contribution in [0.15, 0.2) is 47.4 Å². The van der Waals surface area contributed by atoms with Crippen LogP contribution in [0.2, 0.25) is 18.1 Å². The molecule has 2 aliphatic rings. The summed E-state index contributed by atoms with van der Waals surface area (Å²) in [6, 6.07) is 8.77. The molecule has 1 aromatic rings. The van der Waals surface area contributed by atoms with E-state index in [1.54, 1.807) is 24.3 Å². The number of hydrogen-bond acceptors (Lipinski definition) is 3. The quantitative estimate of drug-likeness (QED) is 0.307. The number of benzene rings is 1. The van der Waals surface area contributed by atoms with Crippen LogP contribution in [0.3, 0.4) is 0 Å². The Labute approximate surface area is 198 Å². The lowest BCUT2D eigenvalue weighted by Crippen LogP contribution is -2.50. The molecule has 5 atom stereocenters. The molecule has 0 amide bonds. The Balaban J connectivity index is 1.69. The number of hydrogen-bond donors (Lipinski definition) is 0. The van der Waals surface area contributed by atoms with Crippen LogP contribution in [0.25, 0.3) is 0 Å². The third-order valence-electron chi connectivity index (χ3n) is 8.88. The third kappa shape index (κ3) is 5.25. The maximum Gasteiger partial charge on any atom is 0.192 e. The Kier molecular flexibility index (Phi) is 7.54. The monoisotopic (exact) mass is 476 g/mol. The molecule has 0 aliphatic heterocycles. The van der Waals surface area contributed by atoms with Gasteiger partial charge in [0, 0.05) is 6.10 Å². The molecule has 0 N–H and O–H groups in total. The lowest BCUT2D eigenvalue weighted by Gasteiger charge is -2.49. The van der Waals surface area contributed by atoms with Gasteiger partial charge in [0.15, 0.2) is 18.2 Å². The summed E-state index contributed by atoms with van der Waals surface area (Å²) >= 11 is 0. The van der Waals surface area contributed by atoms with E-state index in [9.17, 15) is 8.42 Å². The van der Waals surface area contributed by atoms with Crippen molar-refractivity contribution in [2.24, 2.45) is 23.2 Å². The molecule has 2 saturated carbocycles. The second-order valence-corrected chi connectivity index (χ2v) is 18.8. The minimum atomic E-state index is -3.26.